The Morgan fingerprint density at radius 2 is 2.00 bits per heavy atom. The topological polar surface area (TPSA) is 51.1 Å². The molecule has 0 radical (unpaired) electrons. The molecule has 5 heteroatoms. The molecule has 0 spiro atoms. The predicted octanol–water partition coefficient (Wildman–Crippen LogP) is 2.96. The first-order valence-electron chi connectivity index (χ1n) is 5.64. The number of hydrogen-bond acceptors (Lipinski definition) is 4. The molecule has 0 saturated heterocycles. The lowest BCUT2D eigenvalue weighted by Crippen LogP contribution is -2.19. The number of methoxy groups -OCH3 is 1. The first kappa shape index (κ1) is 13.4. The fourth-order valence-electron chi connectivity index (χ4n) is 1.30. The van der Waals surface area contributed by atoms with Crippen LogP contribution in [0.1, 0.15) is 19.8 Å². The molecule has 0 heterocycles. The molecular weight excluding hydrogens is 220 g/mol. The molecule has 0 aromatic heterocycles. The van der Waals surface area contributed by atoms with Crippen LogP contribution in [0.2, 0.25) is 0 Å². The van der Waals surface area contributed by atoms with E-state index in [1.807, 2.05) is 0 Å². The highest BCUT2D eigenvalue weighted by Crippen LogP contribution is 2.19. The molecule has 17 heavy (non-hydrogen) atoms. The summed E-state index contributed by atoms with van der Waals surface area (Å²) in [4.78, 5) is 10.7. The smallest absolute Gasteiger partial charge is 0.143 e. The second-order valence-electron chi connectivity index (χ2n) is 3.57. The number of ether oxygens (including phenoxy) is 2. The van der Waals surface area contributed by atoms with Gasteiger partial charge >= 0.3 is 0 Å². The Kier molecular flexibility index (Phi) is 6.03. The van der Waals surface area contributed by atoms with Crippen molar-refractivity contribution < 1.29 is 9.47 Å². The summed E-state index contributed by atoms with van der Waals surface area (Å²) in [7, 11) is 1.60. The summed E-state index contributed by atoms with van der Waals surface area (Å²) in [6, 6.07) is 7.09. The molecule has 0 aliphatic carbocycles. The van der Waals surface area contributed by atoms with Crippen molar-refractivity contribution in [1.82, 2.24) is 0 Å². The predicted molar refractivity (Wildman–Crippen MR) is 67.0 cm³/mol. The average molecular weight is 238 g/mol. The van der Waals surface area contributed by atoms with Crippen molar-refractivity contribution in [1.29, 1.82) is 0 Å². The van der Waals surface area contributed by atoms with E-state index in [4.69, 9.17) is 9.47 Å². The molecule has 0 saturated carbocycles. The van der Waals surface area contributed by atoms with Gasteiger partial charge in [0.1, 0.15) is 12.5 Å². The number of anilines is 1. The third-order valence-electron chi connectivity index (χ3n) is 2.32. The van der Waals surface area contributed by atoms with E-state index < -0.39 is 0 Å². The number of unbranched alkanes of at least 4 members (excludes halogenated alkanes) is 1. The van der Waals surface area contributed by atoms with Gasteiger partial charge in [-0.3, -0.25) is 0 Å². The second-order valence-corrected chi connectivity index (χ2v) is 3.57. The Morgan fingerprint density at radius 1 is 1.29 bits per heavy atom. The van der Waals surface area contributed by atoms with Gasteiger partial charge in [-0.05, 0) is 30.7 Å². The van der Waals surface area contributed by atoms with Gasteiger partial charge in [-0.25, -0.2) is 5.01 Å². The zero-order valence-corrected chi connectivity index (χ0v) is 10.3. The van der Waals surface area contributed by atoms with Crippen molar-refractivity contribution in [2.45, 2.75) is 19.8 Å². The Labute approximate surface area is 101 Å². The maximum Gasteiger partial charge on any atom is 0.143 e. The van der Waals surface area contributed by atoms with Crippen LogP contribution in [0.3, 0.4) is 0 Å². The molecular formula is C12H18N2O3. The van der Waals surface area contributed by atoms with E-state index in [0.717, 1.165) is 18.6 Å². The SMILES string of the molecule is CCCCOCN(N=O)c1ccc(OC)cc1. The molecule has 0 N–H and O–H groups in total. The van der Waals surface area contributed by atoms with E-state index in [-0.39, 0.29) is 6.73 Å². The van der Waals surface area contributed by atoms with Crippen molar-refractivity contribution in [3.8, 4) is 5.75 Å². The third kappa shape index (κ3) is 4.40. The molecule has 1 rings (SSSR count). The van der Waals surface area contributed by atoms with Crippen LogP contribution in [0.4, 0.5) is 5.69 Å². The number of hydrogen-bond donors (Lipinski definition) is 0. The van der Waals surface area contributed by atoms with Gasteiger partial charge in [0.2, 0.25) is 0 Å². The Hall–Kier alpha value is -1.62. The van der Waals surface area contributed by atoms with Gasteiger partial charge in [-0.2, -0.15) is 0 Å². The summed E-state index contributed by atoms with van der Waals surface area (Å²) in [5.41, 5.74) is 0.692. The molecule has 1 aromatic carbocycles. The van der Waals surface area contributed by atoms with Gasteiger partial charge in [0.05, 0.1) is 18.1 Å². The van der Waals surface area contributed by atoms with Crippen molar-refractivity contribution in [3.05, 3.63) is 29.2 Å². The Balaban J connectivity index is 2.50. The third-order valence-corrected chi connectivity index (χ3v) is 2.32. The summed E-state index contributed by atoms with van der Waals surface area (Å²) in [6.07, 6.45) is 2.05. The van der Waals surface area contributed by atoms with Gasteiger partial charge in [0, 0.05) is 6.61 Å². The number of nitroso groups, excluding NO2 is 1. The zero-order chi connectivity index (χ0) is 12.5. The van der Waals surface area contributed by atoms with E-state index in [9.17, 15) is 4.91 Å². The minimum atomic E-state index is 0.176. The fraction of sp³-hybridized carbons (Fsp3) is 0.500. The molecule has 94 valence electrons. The highest BCUT2D eigenvalue weighted by molar-refractivity contribution is 5.47. The molecule has 0 bridgehead atoms. The summed E-state index contributed by atoms with van der Waals surface area (Å²) in [5.74, 6) is 0.742. The largest absolute Gasteiger partial charge is 0.497 e. The van der Waals surface area contributed by atoms with Gasteiger partial charge in [-0.1, -0.05) is 13.3 Å². The van der Waals surface area contributed by atoms with Gasteiger partial charge in [0.25, 0.3) is 0 Å². The number of rotatable bonds is 8. The summed E-state index contributed by atoms with van der Waals surface area (Å²) in [5, 5.41) is 4.20. The molecule has 0 amide bonds. The van der Waals surface area contributed by atoms with Gasteiger partial charge in [-0.15, -0.1) is 4.91 Å². The molecule has 0 aliphatic rings. The van der Waals surface area contributed by atoms with Crippen molar-refractivity contribution >= 4 is 5.69 Å². The van der Waals surface area contributed by atoms with Crippen LogP contribution >= 0.6 is 0 Å². The summed E-state index contributed by atoms with van der Waals surface area (Å²) >= 11 is 0. The lowest BCUT2D eigenvalue weighted by Gasteiger charge is -2.15. The number of benzene rings is 1. The van der Waals surface area contributed by atoms with Gasteiger partial charge < -0.3 is 9.47 Å². The maximum absolute atomic E-state index is 10.7. The van der Waals surface area contributed by atoms with Crippen molar-refractivity contribution in [2.24, 2.45) is 5.29 Å². The molecule has 0 fully saturated rings. The quantitative estimate of drug-likeness (QED) is 0.302. The Morgan fingerprint density at radius 3 is 2.53 bits per heavy atom. The van der Waals surface area contributed by atoms with Crippen LogP contribution in [0.25, 0.3) is 0 Å². The summed E-state index contributed by atoms with van der Waals surface area (Å²) in [6.45, 7) is 2.90. The highest BCUT2D eigenvalue weighted by atomic mass is 16.5. The maximum atomic E-state index is 10.7. The fourth-order valence-corrected chi connectivity index (χ4v) is 1.30. The second kappa shape index (κ2) is 7.62. The zero-order valence-electron chi connectivity index (χ0n) is 10.3. The molecule has 5 nitrogen and oxygen atoms in total. The molecule has 0 aliphatic heterocycles. The molecule has 1 aromatic rings. The van der Waals surface area contributed by atoms with Crippen molar-refractivity contribution in [2.75, 3.05) is 25.5 Å². The normalized spacial score (nSPS) is 10.0. The van der Waals surface area contributed by atoms with Crippen LogP contribution in [0.5, 0.6) is 5.75 Å². The van der Waals surface area contributed by atoms with Crippen molar-refractivity contribution in [3.63, 3.8) is 0 Å². The van der Waals surface area contributed by atoms with Crippen LogP contribution < -0.4 is 9.75 Å². The average Bonchev–Trinajstić information content (AvgIpc) is 2.39. The first-order valence-corrected chi connectivity index (χ1v) is 5.64. The van der Waals surface area contributed by atoms with E-state index >= 15 is 0 Å². The van der Waals surface area contributed by atoms with Crippen LogP contribution in [-0.2, 0) is 4.74 Å². The lowest BCUT2D eigenvalue weighted by atomic mass is 10.3. The van der Waals surface area contributed by atoms with Crippen LogP contribution in [0, 0.1) is 4.91 Å². The van der Waals surface area contributed by atoms with E-state index in [1.165, 1.54) is 5.01 Å². The minimum Gasteiger partial charge on any atom is -0.497 e. The molecule has 0 unspecified atom stereocenters. The summed E-state index contributed by atoms with van der Waals surface area (Å²) < 4.78 is 10.4. The van der Waals surface area contributed by atoms with E-state index in [2.05, 4.69) is 12.2 Å². The minimum absolute atomic E-state index is 0.176. The van der Waals surface area contributed by atoms with Crippen LogP contribution in [-0.4, -0.2) is 20.4 Å². The number of nitrogens with zero attached hydrogens (tertiary/aromatic N) is 2. The van der Waals surface area contributed by atoms with Gasteiger partial charge in [0.15, 0.2) is 0 Å². The lowest BCUT2D eigenvalue weighted by molar-refractivity contribution is 0.131. The van der Waals surface area contributed by atoms with E-state index in [1.54, 1.807) is 31.4 Å². The standard InChI is InChI=1S/C12H18N2O3/c1-3-4-9-17-10-14(13-15)11-5-7-12(16-2)8-6-11/h5-8H,3-4,9-10H2,1-2H3. The van der Waals surface area contributed by atoms with E-state index in [0.29, 0.717) is 12.3 Å². The highest BCUT2D eigenvalue weighted by Gasteiger charge is 2.06. The van der Waals surface area contributed by atoms with Crippen LogP contribution in [0.15, 0.2) is 29.6 Å². The molecule has 0 atom stereocenters. The Bertz CT molecular complexity index is 327. The first-order chi connectivity index (χ1) is 8.31. The monoisotopic (exact) mass is 238 g/mol.